The molecule has 0 radical (unpaired) electrons. The number of nitrogens with zero attached hydrogens (tertiary/aromatic N) is 4. The van der Waals surface area contributed by atoms with Crippen LogP contribution in [-0.4, -0.2) is 32.3 Å². The number of carbonyl (C=O) groups is 1. The van der Waals surface area contributed by atoms with E-state index in [0.29, 0.717) is 6.54 Å². The molecule has 7 heteroatoms. The van der Waals surface area contributed by atoms with E-state index in [4.69, 9.17) is 0 Å². The standard InChI is InChI=1S/C19H18N4OS2/c1-3-22(14-9-5-4-6-10-14)17(24)13(2)25-18-20-21-19-23(18)15-11-7-8-12-16(15)26-19/h4-13H,3H2,1-2H3/t13-/m0/s1. The van der Waals surface area contributed by atoms with Gasteiger partial charge in [0.2, 0.25) is 10.9 Å². The molecule has 2 aromatic heterocycles. The van der Waals surface area contributed by atoms with Crippen molar-refractivity contribution in [1.82, 2.24) is 14.6 Å². The lowest BCUT2D eigenvalue weighted by Gasteiger charge is -2.23. The number of amides is 1. The molecule has 2 aromatic carbocycles. The van der Waals surface area contributed by atoms with E-state index in [-0.39, 0.29) is 11.2 Å². The molecular formula is C19H18N4OS2. The van der Waals surface area contributed by atoms with Crippen molar-refractivity contribution in [3.05, 3.63) is 54.6 Å². The van der Waals surface area contributed by atoms with Crippen LogP contribution in [0.2, 0.25) is 0 Å². The van der Waals surface area contributed by atoms with Crippen LogP contribution in [0.3, 0.4) is 0 Å². The molecule has 0 aliphatic carbocycles. The van der Waals surface area contributed by atoms with E-state index in [0.717, 1.165) is 26.0 Å². The van der Waals surface area contributed by atoms with Gasteiger partial charge in [-0.05, 0) is 38.1 Å². The molecule has 26 heavy (non-hydrogen) atoms. The predicted molar refractivity (Wildman–Crippen MR) is 108 cm³/mol. The third-order valence-electron chi connectivity index (χ3n) is 4.19. The van der Waals surface area contributed by atoms with Crippen LogP contribution >= 0.6 is 23.1 Å². The van der Waals surface area contributed by atoms with Crippen LogP contribution in [0.1, 0.15) is 13.8 Å². The summed E-state index contributed by atoms with van der Waals surface area (Å²) < 4.78 is 3.20. The maximum Gasteiger partial charge on any atom is 0.240 e. The number of aromatic nitrogens is 3. The Kier molecular flexibility index (Phi) is 4.65. The normalized spacial score (nSPS) is 12.5. The fourth-order valence-corrected chi connectivity index (χ4v) is 4.88. The molecule has 0 unspecified atom stereocenters. The summed E-state index contributed by atoms with van der Waals surface area (Å²) in [5.74, 6) is 0.0694. The molecule has 1 amide bonds. The van der Waals surface area contributed by atoms with E-state index in [9.17, 15) is 4.79 Å². The van der Waals surface area contributed by atoms with Gasteiger partial charge < -0.3 is 4.90 Å². The minimum atomic E-state index is -0.263. The van der Waals surface area contributed by atoms with Gasteiger partial charge in [0.1, 0.15) is 0 Å². The minimum absolute atomic E-state index is 0.0694. The Morgan fingerprint density at radius 3 is 2.65 bits per heavy atom. The number of rotatable bonds is 5. The van der Waals surface area contributed by atoms with Crippen molar-refractivity contribution in [3.63, 3.8) is 0 Å². The van der Waals surface area contributed by atoms with Crippen LogP contribution in [0.25, 0.3) is 15.2 Å². The Morgan fingerprint density at radius 1 is 1.15 bits per heavy atom. The molecule has 0 saturated heterocycles. The van der Waals surface area contributed by atoms with Crippen molar-refractivity contribution in [1.29, 1.82) is 0 Å². The molecule has 0 saturated carbocycles. The highest BCUT2D eigenvalue weighted by atomic mass is 32.2. The first-order chi connectivity index (χ1) is 12.7. The van der Waals surface area contributed by atoms with Crippen molar-refractivity contribution in [3.8, 4) is 0 Å². The first kappa shape index (κ1) is 17.1. The molecule has 0 aliphatic rings. The van der Waals surface area contributed by atoms with Gasteiger partial charge >= 0.3 is 0 Å². The van der Waals surface area contributed by atoms with Crippen molar-refractivity contribution >= 4 is 49.9 Å². The van der Waals surface area contributed by atoms with Crippen LogP contribution in [-0.2, 0) is 4.79 Å². The van der Waals surface area contributed by atoms with Gasteiger partial charge in [-0.2, -0.15) is 0 Å². The Morgan fingerprint density at radius 2 is 1.88 bits per heavy atom. The third-order valence-corrected chi connectivity index (χ3v) is 6.23. The molecule has 132 valence electrons. The number of thiazole rings is 1. The van der Waals surface area contributed by atoms with Crippen LogP contribution in [0, 0.1) is 0 Å². The van der Waals surface area contributed by atoms with Crippen LogP contribution in [0.5, 0.6) is 0 Å². The number of hydrogen-bond acceptors (Lipinski definition) is 5. The van der Waals surface area contributed by atoms with Gasteiger partial charge in [0.25, 0.3) is 0 Å². The molecule has 0 spiro atoms. The second-order valence-electron chi connectivity index (χ2n) is 5.85. The quantitative estimate of drug-likeness (QED) is 0.478. The number of fused-ring (bicyclic) bond motifs is 3. The lowest BCUT2D eigenvalue weighted by molar-refractivity contribution is -0.117. The topological polar surface area (TPSA) is 50.5 Å². The molecule has 4 aromatic rings. The monoisotopic (exact) mass is 382 g/mol. The second kappa shape index (κ2) is 7.09. The highest BCUT2D eigenvalue weighted by Gasteiger charge is 2.24. The molecule has 5 nitrogen and oxygen atoms in total. The highest BCUT2D eigenvalue weighted by molar-refractivity contribution is 8.00. The maximum absolute atomic E-state index is 13.0. The van der Waals surface area contributed by atoms with E-state index in [1.165, 1.54) is 11.8 Å². The zero-order valence-electron chi connectivity index (χ0n) is 14.5. The van der Waals surface area contributed by atoms with Crippen LogP contribution in [0.15, 0.2) is 59.8 Å². The Hall–Kier alpha value is -2.38. The van der Waals surface area contributed by atoms with E-state index in [1.54, 1.807) is 11.3 Å². The summed E-state index contributed by atoms with van der Waals surface area (Å²) in [4.78, 5) is 15.6. The molecule has 4 rings (SSSR count). The van der Waals surface area contributed by atoms with Gasteiger partial charge in [0.15, 0.2) is 5.16 Å². The largest absolute Gasteiger partial charge is 0.312 e. The third kappa shape index (κ3) is 2.97. The lowest BCUT2D eigenvalue weighted by Crippen LogP contribution is -2.36. The van der Waals surface area contributed by atoms with Gasteiger partial charge in [-0.15, -0.1) is 10.2 Å². The summed E-state index contributed by atoms with van der Waals surface area (Å²) >= 11 is 3.06. The Balaban J connectivity index is 1.62. The summed E-state index contributed by atoms with van der Waals surface area (Å²) in [6, 6.07) is 17.9. The van der Waals surface area contributed by atoms with Crippen molar-refractivity contribution in [2.75, 3.05) is 11.4 Å². The average Bonchev–Trinajstić information content (AvgIpc) is 3.23. The number of hydrogen-bond donors (Lipinski definition) is 0. The van der Waals surface area contributed by atoms with E-state index in [1.807, 2.05) is 65.6 Å². The summed E-state index contributed by atoms with van der Waals surface area (Å²) in [5, 5.41) is 9.07. The van der Waals surface area contributed by atoms with Gasteiger partial charge in [-0.1, -0.05) is 53.4 Å². The molecule has 0 fully saturated rings. The van der Waals surface area contributed by atoms with Crippen molar-refractivity contribution in [2.24, 2.45) is 0 Å². The summed E-state index contributed by atoms with van der Waals surface area (Å²) in [6.45, 7) is 4.54. The SMILES string of the molecule is CCN(C(=O)[C@H](C)Sc1nnc2sc3ccccc3n12)c1ccccc1. The van der Waals surface area contributed by atoms with Gasteiger partial charge in [0.05, 0.1) is 15.5 Å². The molecule has 0 aliphatic heterocycles. The number of benzene rings is 2. The van der Waals surface area contributed by atoms with Crippen molar-refractivity contribution < 1.29 is 4.79 Å². The van der Waals surface area contributed by atoms with Gasteiger partial charge in [-0.3, -0.25) is 9.20 Å². The highest BCUT2D eigenvalue weighted by Crippen LogP contribution is 2.31. The molecule has 0 N–H and O–H groups in total. The Bertz CT molecular complexity index is 1060. The minimum Gasteiger partial charge on any atom is -0.312 e. The average molecular weight is 383 g/mol. The summed E-state index contributed by atoms with van der Waals surface area (Å²) in [7, 11) is 0. The zero-order valence-corrected chi connectivity index (χ0v) is 16.1. The zero-order chi connectivity index (χ0) is 18.1. The molecule has 1 atom stereocenters. The lowest BCUT2D eigenvalue weighted by atomic mass is 10.2. The number of para-hydroxylation sites is 2. The Labute approximate surface area is 159 Å². The van der Waals surface area contributed by atoms with Crippen LogP contribution < -0.4 is 4.90 Å². The van der Waals surface area contributed by atoms with E-state index < -0.39 is 0 Å². The van der Waals surface area contributed by atoms with E-state index >= 15 is 0 Å². The first-order valence-electron chi connectivity index (χ1n) is 8.44. The number of anilines is 1. The van der Waals surface area contributed by atoms with Gasteiger partial charge in [-0.25, -0.2) is 0 Å². The second-order valence-corrected chi connectivity index (χ2v) is 8.17. The summed E-state index contributed by atoms with van der Waals surface area (Å²) in [5.41, 5.74) is 2.00. The maximum atomic E-state index is 13.0. The summed E-state index contributed by atoms with van der Waals surface area (Å²) in [6.07, 6.45) is 0. The van der Waals surface area contributed by atoms with Gasteiger partial charge in [0, 0.05) is 12.2 Å². The fourth-order valence-electron chi connectivity index (χ4n) is 2.93. The molecule has 2 heterocycles. The first-order valence-corrected chi connectivity index (χ1v) is 10.1. The smallest absolute Gasteiger partial charge is 0.240 e. The molecule has 0 bridgehead atoms. The van der Waals surface area contributed by atoms with Crippen LogP contribution in [0.4, 0.5) is 5.69 Å². The number of thioether (sulfide) groups is 1. The molecular weight excluding hydrogens is 364 g/mol. The predicted octanol–water partition coefficient (Wildman–Crippen LogP) is 4.48. The van der Waals surface area contributed by atoms with Crippen molar-refractivity contribution in [2.45, 2.75) is 24.3 Å². The number of carbonyl (C=O) groups excluding carboxylic acids is 1. The van der Waals surface area contributed by atoms with E-state index in [2.05, 4.69) is 22.3 Å². The fraction of sp³-hybridized carbons (Fsp3) is 0.211.